The summed E-state index contributed by atoms with van der Waals surface area (Å²) in [4.78, 5) is 0. The topological polar surface area (TPSA) is 9.23 Å². The fourth-order valence-electron chi connectivity index (χ4n) is 4.98. The first-order valence-electron chi connectivity index (χ1n) is 10.8. The van der Waals surface area contributed by atoms with Crippen molar-refractivity contribution in [3.63, 3.8) is 0 Å². The largest absolute Gasteiger partial charge is 0.435 e. The fourth-order valence-corrected chi connectivity index (χ4v) is 7.69. The van der Waals surface area contributed by atoms with Crippen molar-refractivity contribution >= 4 is 19.2 Å². The van der Waals surface area contributed by atoms with E-state index in [1.54, 1.807) is 12.1 Å². The van der Waals surface area contributed by atoms with E-state index in [-0.39, 0.29) is 5.75 Å². The van der Waals surface area contributed by atoms with E-state index in [1.165, 1.54) is 81.9 Å². The molecule has 1 nitrogen and oxygen atoms in total. The van der Waals surface area contributed by atoms with Gasteiger partial charge < -0.3 is 4.74 Å². The van der Waals surface area contributed by atoms with Gasteiger partial charge in [-0.25, -0.2) is 0 Å². The van der Waals surface area contributed by atoms with Crippen LogP contribution in [0.5, 0.6) is 5.75 Å². The summed E-state index contributed by atoms with van der Waals surface area (Å²) in [6.07, 6.45) is 13.4. The van der Waals surface area contributed by atoms with Gasteiger partial charge in [0.05, 0.1) is 0 Å². The predicted molar refractivity (Wildman–Crippen MR) is 112 cm³/mol. The molecule has 2 fully saturated rings. The summed E-state index contributed by atoms with van der Waals surface area (Å²) in [5.41, 5.74) is 1.27. The average molecular weight is 415 g/mol. The summed E-state index contributed by atoms with van der Waals surface area (Å²) in [7, 11) is -0.807. The lowest BCUT2D eigenvalue weighted by Crippen LogP contribution is -2.16. The molecule has 152 valence electrons. The van der Waals surface area contributed by atoms with Gasteiger partial charge in [-0.1, -0.05) is 50.7 Å². The maximum Gasteiger partial charge on any atom is 0.387 e. The number of benzene rings is 1. The Hall–Kier alpha value is -0.613. The van der Waals surface area contributed by atoms with Gasteiger partial charge in [0.2, 0.25) is 0 Å². The van der Waals surface area contributed by atoms with Gasteiger partial charge in [0.1, 0.15) is 13.9 Å². The van der Waals surface area contributed by atoms with Crippen LogP contribution in [0.15, 0.2) is 24.3 Å². The van der Waals surface area contributed by atoms with Crippen LogP contribution >= 0.6 is 11.1 Å². The highest BCUT2D eigenvalue weighted by atomic mass is 35.6. The van der Waals surface area contributed by atoms with Crippen molar-refractivity contribution in [1.29, 1.82) is 0 Å². The molecule has 1 heterocycles. The van der Waals surface area contributed by atoms with Crippen LogP contribution in [-0.4, -0.2) is 14.7 Å². The third kappa shape index (κ3) is 7.05. The third-order valence-corrected chi connectivity index (χ3v) is 9.90. The monoisotopic (exact) mass is 414 g/mol. The lowest BCUT2D eigenvalue weighted by Gasteiger charge is -2.29. The first kappa shape index (κ1) is 21.1. The highest BCUT2D eigenvalue weighted by Gasteiger charge is 2.23. The molecule has 1 aromatic carbocycles. The Morgan fingerprint density at radius 3 is 2.00 bits per heavy atom. The zero-order chi connectivity index (χ0) is 19.1. The van der Waals surface area contributed by atoms with Gasteiger partial charge in [-0.15, -0.1) is 0 Å². The number of ether oxygens (including phenoxy) is 1. The van der Waals surface area contributed by atoms with E-state index in [1.807, 2.05) is 12.1 Å². The molecule has 1 saturated carbocycles. The Kier molecular flexibility index (Phi) is 8.44. The number of unbranched alkanes of at least 4 members (excludes halogenated alkanes) is 1. The molecular formula is C22H33ClF2OSi. The van der Waals surface area contributed by atoms with Gasteiger partial charge in [-0.05, 0) is 73.2 Å². The molecule has 1 aromatic rings. The Bertz CT molecular complexity index is 538. The standard InChI is InChI=1S/C22H33ClF2OSi/c23-27-15-13-18(14-16-27)4-2-1-3-17-5-7-19(8-6-17)20-9-11-21(12-10-20)26-22(24)25/h9-12,17-19,22,27H,1-8,13-16H2. The number of alkyl halides is 2. The predicted octanol–water partition coefficient (Wildman–Crippen LogP) is 7.49. The second-order valence-corrected chi connectivity index (χ2v) is 12.8. The zero-order valence-electron chi connectivity index (χ0n) is 16.2. The Morgan fingerprint density at radius 2 is 1.44 bits per heavy atom. The van der Waals surface area contributed by atoms with E-state index in [4.69, 9.17) is 11.1 Å². The van der Waals surface area contributed by atoms with Crippen LogP contribution in [0.1, 0.15) is 75.7 Å². The molecule has 1 aliphatic heterocycles. The van der Waals surface area contributed by atoms with Crippen LogP contribution in [0.4, 0.5) is 8.78 Å². The third-order valence-electron chi connectivity index (χ3n) is 6.67. The zero-order valence-corrected chi connectivity index (χ0v) is 18.1. The maximum absolute atomic E-state index is 12.2. The van der Waals surface area contributed by atoms with Crippen molar-refractivity contribution in [3.8, 4) is 5.75 Å². The molecule has 1 saturated heterocycles. The van der Waals surface area contributed by atoms with Crippen molar-refractivity contribution in [3.05, 3.63) is 29.8 Å². The number of halogens is 3. The molecule has 5 heteroatoms. The van der Waals surface area contributed by atoms with E-state index in [0.29, 0.717) is 5.92 Å². The van der Waals surface area contributed by atoms with Crippen molar-refractivity contribution < 1.29 is 13.5 Å². The second-order valence-electron chi connectivity index (χ2n) is 8.57. The summed E-state index contributed by atoms with van der Waals surface area (Å²) >= 11 is 6.33. The van der Waals surface area contributed by atoms with Crippen LogP contribution in [0.3, 0.4) is 0 Å². The van der Waals surface area contributed by atoms with Gasteiger partial charge >= 0.3 is 6.61 Å². The van der Waals surface area contributed by atoms with E-state index in [9.17, 15) is 8.78 Å². The van der Waals surface area contributed by atoms with Crippen LogP contribution in [-0.2, 0) is 0 Å². The molecule has 0 amide bonds. The molecule has 0 spiro atoms. The SMILES string of the molecule is FC(F)Oc1ccc(C2CCC(CCCCC3CC[SiH](Cl)CC3)CC2)cc1. The number of hydrogen-bond acceptors (Lipinski definition) is 1. The lowest BCUT2D eigenvalue weighted by atomic mass is 9.77. The summed E-state index contributed by atoms with van der Waals surface area (Å²) in [5.74, 6) is 2.68. The summed E-state index contributed by atoms with van der Waals surface area (Å²) in [5, 5.41) is 0. The maximum atomic E-state index is 12.2. The molecule has 0 radical (unpaired) electrons. The Morgan fingerprint density at radius 1 is 0.889 bits per heavy atom. The molecule has 1 aliphatic carbocycles. The van der Waals surface area contributed by atoms with Gasteiger partial charge in [0, 0.05) is 0 Å². The smallest absolute Gasteiger partial charge is 0.387 e. The van der Waals surface area contributed by atoms with Gasteiger partial charge in [-0.2, -0.15) is 19.9 Å². The first-order chi connectivity index (χ1) is 13.1. The van der Waals surface area contributed by atoms with E-state index in [0.717, 1.165) is 11.8 Å². The Labute approximate surface area is 169 Å². The minimum absolute atomic E-state index is 0.254. The molecule has 0 bridgehead atoms. The molecule has 0 N–H and O–H groups in total. The molecule has 0 atom stereocenters. The van der Waals surface area contributed by atoms with Gasteiger partial charge in [0.25, 0.3) is 0 Å². The molecule has 2 aliphatic rings. The summed E-state index contributed by atoms with van der Waals surface area (Å²) < 4.78 is 28.9. The average Bonchev–Trinajstić information content (AvgIpc) is 2.67. The highest BCUT2D eigenvalue weighted by Crippen LogP contribution is 2.38. The first-order valence-corrected chi connectivity index (χ1v) is 14.2. The second kappa shape index (κ2) is 10.8. The van der Waals surface area contributed by atoms with Crippen molar-refractivity contribution in [2.45, 2.75) is 88.8 Å². The molecule has 3 rings (SSSR count). The van der Waals surface area contributed by atoms with E-state index < -0.39 is 14.7 Å². The van der Waals surface area contributed by atoms with Gasteiger partial charge in [0.15, 0.2) is 0 Å². The summed E-state index contributed by atoms with van der Waals surface area (Å²) in [6.45, 7) is -2.75. The number of hydrogen-bond donors (Lipinski definition) is 0. The Balaban J connectivity index is 1.30. The lowest BCUT2D eigenvalue weighted by molar-refractivity contribution is -0.0498. The van der Waals surface area contributed by atoms with Crippen LogP contribution in [0.2, 0.25) is 12.1 Å². The van der Waals surface area contributed by atoms with Crippen molar-refractivity contribution in [1.82, 2.24) is 0 Å². The highest BCUT2D eigenvalue weighted by molar-refractivity contribution is 7.07. The molecular weight excluding hydrogens is 382 g/mol. The van der Waals surface area contributed by atoms with Crippen molar-refractivity contribution in [2.75, 3.05) is 0 Å². The van der Waals surface area contributed by atoms with Crippen LogP contribution < -0.4 is 4.74 Å². The molecule has 27 heavy (non-hydrogen) atoms. The molecule has 0 aromatic heterocycles. The van der Waals surface area contributed by atoms with E-state index >= 15 is 0 Å². The summed E-state index contributed by atoms with van der Waals surface area (Å²) in [6, 6.07) is 9.97. The van der Waals surface area contributed by atoms with Crippen LogP contribution in [0.25, 0.3) is 0 Å². The van der Waals surface area contributed by atoms with E-state index in [2.05, 4.69) is 4.74 Å². The minimum atomic E-state index is -2.75. The fraction of sp³-hybridized carbons (Fsp3) is 0.727. The van der Waals surface area contributed by atoms with Crippen LogP contribution in [0, 0.1) is 11.8 Å². The number of rotatable bonds is 8. The minimum Gasteiger partial charge on any atom is -0.435 e. The normalized spacial score (nSPS) is 29.0. The quantitative estimate of drug-likeness (QED) is 0.243. The van der Waals surface area contributed by atoms with Crippen molar-refractivity contribution in [2.24, 2.45) is 11.8 Å². The van der Waals surface area contributed by atoms with Gasteiger partial charge in [-0.3, -0.25) is 0 Å². The molecule has 0 unspecified atom stereocenters.